The summed E-state index contributed by atoms with van der Waals surface area (Å²) in [6.07, 6.45) is -4.21. The molecular formula is C13H8ClF3N2O4. The van der Waals surface area contributed by atoms with Gasteiger partial charge in [0, 0.05) is 12.1 Å². The van der Waals surface area contributed by atoms with Crippen LogP contribution in [0.15, 0.2) is 48.5 Å². The Bertz CT molecular complexity index is 676. The highest BCUT2D eigenvalue weighted by Crippen LogP contribution is 2.28. The summed E-state index contributed by atoms with van der Waals surface area (Å²) < 4.78 is 35.4. The number of hydrogen-bond donors (Lipinski definition) is 0. The number of alkyl halides is 3. The molecule has 6 nitrogen and oxygen atoms in total. The van der Waals surface area contributed by atoms with Crippen LogP contribution in [0.3, 0.4) is 0 Å². The molecule has 0 heterocycles. The molecule has 0 radical (unpaired) electrons. The normalized spacial score (nSPS) is 10.4. The van der Waals surface area contributed by atoms with Crippen LogP contribution in [0.1, 0.15) is 5.56 Å². The van der Waals surface area contributed by atoms with Crippen LogP contribution in [0, 0.1) is 20.2 Å². The standard InChI is InChI=1S/C7H5F3.C6H3ClN2O4/c8-7(9,10)6-4-2-1-3-5-6;7-4-1-5(8(10)11)3-6(2-4)9(12)13/h1-5H;1-3H. The molecule has 2 aromatic rings. The van der Waals surface area contributed by atoms with Crippen molar-refractivity contribution in [1.82, 2.24) is 0 Å². The quantitative estimate of drug-likeness (QED) is 0.572. The van der Waals surface area contributed by atoms with E-state index in [1.807, 2.05) is 0 Å². The lowest BCUT2D eigenvalue weighted by atomic mass is 10.2. The van der Waals surface area contributed by atoms with Crippen molar-refractivity contribution >= 4 is 23.0 Å². The minimum absolute atomic E-state index is 0.0269. The second-order valence-corrected chi connectivity index (χ2v) is 4.48. The van der Waals surface area contributed by atoms with Gasteiger partial charge in [0.05, 0.1) is 26.5 Å². The molecule has 0 aliphatic rings. The van der Waals surface area contributed by atoms with E-state index >= 15 is 0 Å². The molecule has 0 saturated heterocycles. The van der Waals surface area contributed by atoms with Crippen molar-refractivity contribution in [3.8, 4) is 0 Å². The van der Waals surface area contributed by atoms with Crippen molar-refractivity contribution in [2.45, 2.75) is 6.18 Å². The van der Waals surface area contributed by atoms with Crippen LogP contribution in [0.2, 0.25) is 5.02 Å². The molecule has 0 aliphatic carbocycles. The Morgan fingerprint density at radius 1 is 0.870 bits per heavy atom. The van der Waals surface area contributed by atoms with Crippen molar-refractivity contribution in [2.75, 3.05) is 0 Å². The summed E-state index contributed by atoms with van der Waals surface area (Å²) in [7, 11) is 0. The van der Waals surface area contributed by atoms with E-state index in [9.17, 15) is 33.4 Å². The minimum Gasteiger partial charge on any atom is -0.258 e. The Morgan fingerprint density at radius 3 is 1.61 bits per heavy atom. The van der Waals surface area contributed by atoms with Gasteiger partial charge in [0.25, 0.3) is 11.4 Å². The first-order chi connectivity index (χ1) is 10.6. The maximum Gasteiger partial charge on any atom is 0.416 e. The molecule has 0 aromatic heterocycles. The summed E-state index contributed by atoms with van der Waals surface area (Å²) in [6, 6.07) is 9.32. The van der Waals surface area contributed by atoms with Crippen molar-refractivity contribution in [3.63, 3.8) is 0 Å². The Balaban J connectivity index is 0.000000238. The van der Waals surface area contributed by atoms with Gasteiger partial charge in [-0.05, 0) is 0 Å². The number of non-ortho nitro benzene ring substituents is 2. The third-order valence-corrected chi connectivity index (χ3v) is 2.61. The Labute approximate surface area is 132 Å². The first kappa shape index (κ1) is 18.4. The van der Waals surface area contributed by atoms with Crippen molar-refractivity contribution in [1.29, 1.82) is 0 Å². The third kappa shape index (κ3) is 5.91. The van der Waals surface area contributed by atoms with Crippen LogP contribution >= 0.6 is 11.6 Å². The fourth-order valence-corrected chi connectivity index (χ4v) is 1.62. The fraction of sp³-hybridized carbons (Fsp3) is 0.0769. The summed E-state index contributed by atoms with van der Waals surface area (Å²) in [5.41, 5.74) is -1.38. The molecule has 122 valence electrons. The largest absolute Gasteiger partial charge is 0.416 e. The van der Waals surface area contributed by atoms with Crippen LogP contribution in [0.25, 0.3) is 0 Å². The molecule has 0 atom stereocenters. The molecule has 0 N–H and O–H groups in total. The van der Waals surface area contributed by atoms with Gasteiger partial charge in [-0.15, -0.1) is 0 Å². The molecule has 10 heteroatoms. The lowest BCUT2D eigenvalue weighted by Crippen LogP contribution is -2.03. The number of nitrogens with zero attached hydrogens (tertiary/aromatic N) is 2. The van der Waals surface area contributed by atoms with Crippen LogP contribution in [-0.2, 0) is 6.18 Å². The number of hydrogen-bond acceptors (Lipinski definition) is 4. The molecular weight excluding hydrogens is 341 g/mol. The van der Waals surface area contributed by atoms with Gasteiger partial charge >= 0.3 is 6.18 Å². The van der Waals surface area contributed by atoms with E-state index in [1.54, 1.807) is 6.07 Å². The number of halogens is 4. The summed E-state index contributed by atoms with van der Waals surface area (Å²) >= 11 is 5.43. The molecule has 0 aliphatic heterocycles. The first-order valence-electron chi connectivity index (χ1n) is 5.83. The molecule has 2 rings (SSSR count). The van der Waals surface area contributed by atoms with E-state index in [0.29, 0.717) is 0 Å². The molecule has 0 amide bonds. The second-order valence-electron chi connectivity index (χ2n) is 4.05. The maximum absolute atomic E-state index is 11.8. The molecule has 0 spiro atoms. The molecule has 0 unspecified atom stereocenters. The SMILES string of the molecule is FC(F)(F)c1ccccc1.O=[N+]([O-])c1cc(Cl)cc([N+](=O)[O-])c1. The average molecular weight is 349 g/mol. The lowest BCUT2D eigenvalue weighted by Gasteiger charge is -2.03. The van der Waals surface area contributed by atoms with Crippen LogP contribution in [0.4, 0.5) is 24.5 Å². The predicted octanol–water partition coefficient (Wildman–Crippen LogP) is 4.86. The van der Waals surface area contributed by atoms with Crippen LogP contribution < -0.4 is 0 Å². The number of nitro benzene ring substituents is 2. The van der Waals surface area contributed by atoms with E-state index in [4.69, 9.17) is 11.6 Å². The average Bonchev–Trinajstić information content (AvgIpc) is 2.47. The Kier molecular flexibility index (Phi) is 6.02. The van der Waals surface area contributed by atoms with Gasteiger partial charge in [0.1, 0.15) is 0 Å². The van der Waals surface area contributed by atoms with Crippen molar-refractivity contribution < 1.29 is 23.0 Å². The highest BCUT2D eigenvalue weighted by Gasteiger charge is 2.29. The van der Waals surface area contributed by atoms with Crippen LogP contribution in [0.5, 0.6) is 0 Å². The maximum atomic E-state index is 11.8. The van der Waals surface area contributed by atoms with E-state index < -0.39 is 21.6 Å². The van der Waals surface area contributed by atoms with Gasteiger partial charge in [0.2, 0.25) is 0 Å². The van der Waals surface area contributed by atoms with Crippen LogP contribution in [-0.4, -0.2) is 9.85 Å². The second kappa shape index (κ2) is 7.54. The molecule has 0 fully saturated rings. The molecule has 2 aromatic carbocycles. The number of benzene rings is 2. The zero-order valence-corrected chi connectivity index (χ0v) is 11.9. The highest BCUT2D eigenvalue weighted by molar-refractivity contribution is 6.31. The monoisotopic (exact) mass is 348 g/mol. The lowest BCUT2D eigenvalue weighted by molar-refractivity contribution is -0.394. The van der Waals surface area contributed by atoms with Gasteiger partial charge in [-0.25, -0.2) is 0 Å². The first-order valence-corrected chi connectivity index (χ1v) is 6.20. The Hall–Kier alpha value is -2.68. The summed E-state index contributed by atoms with van der Waals surface area (Å²) in [6.45, 7) is 0. The predicted molar refractivity (Wildman–Crippen MR) is 76.2 cm³/mol. The zero-order chi connectivity index (χ0) is 17.6. The van der Waals surface area contributed by atoms with Gasteiger partial charge in [-0.2, -0.15) is 13.2 Å². The van der Waals surface area contributed by atoms with Gasteiger partial charge in [-0.1, -0.05) is 41.9 Å². The number of nitro groups is 2. The summed E-state index contributed by atoms with van der Waals surface area (Å²) in [5.74, 6) is 0. The van der Waals surface area contributed by atoms with E-state index in [1.165, 1.54) is 12.1 Å². The van der Waals surface area contributed by atoms with E-state index in [2.05, 4.69) is 0 Å². The third-order valence-electron chi connectivity index (χ3n) is 2.39. The zero-order valence-electron chi connectivity index (χ0n) is 11.2. The summed E-state index contributed by atoms with van der Waals surface area (Å²) in [4.78, 5) is 19.0. The van der Waals surface area contributed by atoms with E-state index in [-0.39, 0.29) is 16.4 Å². The number of rotatable bonds is 2. The summed E-state index contributed by atoms with van der Waals surface area (Å²) in [5, 5.41) is 20.5. The van der Waals surface area contributed by atoms with E-state index in [0.717, 1.165) is 30.3 Å². The van der Waals surface area contributed by atoms with Gasteiger partial charge in [0.15, 0.2) is 0 Å². The van der Waals surface area contributed by atoms with Gasteiger partial charge in [-0.3, -0.25) is 20.2 Å². The highest BCUT2D eigenvalue weighted by atomic mass is 35.5. The molecule has 0 bridgehead atoms. The fourth-order valence-electron chi connectivity index (χ4n) is 1.40. The van der Waals surface area contributed by atoms with Gasteiger partial charge < -0.3 is 0 Å². The molecule has 23 heavy (non-hydrogen) atoms. The molecule has 0 saturated carbocycles. The minimum atomic E-state index is -4.21. The van der Waals surface area contributed by atoms with Crippen molar-refractivity contribution in [2.24, 2.45) is 0 Å². The smallest absolute Gasteiger partial charge is 0.258 e. The topological polar surface area (TPSA) is 86.3 Å². The Morgan fingerprint density at radius 2 is 1.30 bits per heavy atom. The van der Waals surface area contributed by atoms with Crippen molar-refractivity contribution in [3.05, 3.63) is 79.3 Å².